The van der Waals surface area contributed by atoms with Crippen LogP contribution < -0.4 is 33.9 Å². The molecule has 1 unspecified atom stereocenters. The lowest BCUT2D eigenvalue weighted by Gasteiger charge is -2.32. The Morgan fingerprint density at radius 3 is 2.10 bits per heavy atom. The van der Waals surface area contributed by atoms with Crippen LogP contribution in [-0.4, -0.2) is 117 Å². The van der Waals surface area contributed by atoms with Gasteiger partial charge in [0, 0.05) is 81.8 Å². The average Bonchev–Trinajstić information content (AvgIpc) is 3.22. The monoisotopic (exact) mass is 811 g/mol. The third kappa shape index (κ3) is 11.3. The van der Waals surface area contributed by atoms with Crippen molar-refractivity contribution in [1.82, 2.24) is 24.7 Å². The summed E-state index contributed by atoms with van der Waals surface area (Å²) < 4.78 is 29.7. The predicted molar refractivity (Wildman–Crippen MR) is 232 cm³/mol. The Morgan fingerprint density at radius 2 is 1.49 bits per heavy atom. The number of hydrogen-bond acceptors (Lipinski definition) is 12. The number of methoxy groups -OCH3 is 3. The van der Waals surface area contributed by atoms with E-state index >= 15 is 0 Å². The van der Waals surface area contributed by atoms with Gasteiger partial charge in [-0.3, -0.25) is 4.79 Å². The van der Waals surface area contributed by atoms with Crippen LogP contribution in [0.25, 0.3) is 0 Å². The lowest BCUT2D eigenvalue weighted by Crippen LogP contribution is -2.44. The van der Waals surface area contributed by atoms with E-state index in [-0.39, 0.29) is 23.6 Å². The topological polar surface area (TPSA) is 131 Å². The molecule has 2 amide bonds. The van der Waals surface area contributed by atoms with E-state index in [1.165, 1.54) is 4.90 Å². The molecule has 59 heavy (non-hydrogen) atoms. The zero-order valence-corrected chi connectivity index (χ0v) is 36.4. The van der Waals surface area contributed by atoms with Gasteiger partial charge in [-0.15, -0.1) is 0 Å². The third-order valence-electron chi connectivity index (χ3n) is 10.5. The number of aromatic nitrogens is 2. The Kier molecular flexibility index (Phi) is 15.8. The summed E-state index contributed by atoms with van der Waals surface area (Å²) in [7, 11) is 6.85. The number of benzene rings is 3. The van der Waals surface area contributed by atoms with E-state index < -0.39 is 6.09 Å². The first-order valence-electron chi connectivity index (χ1n) is 20.3. The maximum atomic E-state index is 14.4. The van der Waals surface area contributed by atoms with Crippen molar-refractivity contribution in [2.75, 3.05) is 91.0 Å². The quantitative estimate of drug-likeness (QED) is 0.0995. The maximum Gasteiger partial charge on any atom is 0.425 e. The van der Waals surface area contributed by atoms with E-state index in [2.05, 4.69) is 27.1 Å². The molecule has 14 nitrogen and oxygen atoms in total. The number of nitrogens with one attached hydrogen (secondary N) is 1. The van der Waals surface area contributed by atoms with Crippen molar-refractivity contribution in [3.63, 3.8) is 0 Å². The van der Waals surface area contributed by atoms with Crippen LogP contribution in [0.5, 0.6) is 28.7 Å². The summed E-state index contributed by atoms with van der Waals surface area (Å²) >= 11 is 0. The summed E-state index contributed by atoms with van der Waals surface area (Å²) in [5.74, 6) is 2.59. The number of rotatable bonds is 18. The van der Waals surface area contributed by atoms with E-state index in [1.807, 2.05) is 70.7 Å². The summed E-state index contributed by atoms with van der Waals surface area (Å²) in [5.41, 5.74) is 4.56. The van der Waals surface area contributed by atoms with Crippen LogP contribution in [0.2, 0.25) is 0 Å². The van der Waals surface area contributed by atoms with Gasteiger partial charge in [0.25, 0.3) is 0 Å². The van der Waals surface area contributed by atoms with Crippen LogP contribution in [0.15, 0.2) is 54.7 Å². The smallest absolute Gasteiger partial charge is 0.425 e. The van der Waals surface area contributed by atoms with Crippen LogP contribution in [0, 0.1) is 26.7 Å². The standard InChI is InChI=1S/C45H61N7O7/c1-11-51(12-2)43(53)33(6)26-34-14-15-36(37(27-34)55-8)52(45(54)59-41-31(4)24-30(3)25-32(41)5)40-16-17-46-44(48-40)47-35-28-38(56-9)42(39(29-35)57-10)58-23-13-18-50-21-19-49(7)20-22-50/h14-17,24-25,27-29,33H,11-13,18-23,26H2,1-10H3,(H,46,47,48). The number of carbonyl (C=O) groups is 2. The molecule has 0 saturated carbocycles. The van der Waals surface area contributed by atoms with Crippen LogP contribution in [0.3, 0.4) is 0 Å². The highest BCUT2D eigenvalue weighted by atomic mass is 16.6. The largest absolute Gasteiger partial charge is 0.495 e. The molecule has 318 valence electrons. The fraction of sp³-hybridized carbons (Fsp3) is 0.467. The van der Waals surface area contributed by atoms with Gasteiger partial charge in [0.2, 0.25) is 17.6 Å². The first-order chi connectivity index (χ1) is 28.4. The van der Waals surface area contributed by atoms with Crippen molar-refractivity contribution in [3.8, 4) is 28.7 Å². The lowest BCUT2D eigenvalue weighted by atomic mass is 9.99. The number of ether oxygens (including phenoxy) is 5. The number of likely N-dealkylation sites (N-methyl/N-ethyl adjacent to an activating group) is 1. The average molecular weight is 812 g/mol. The van der Waals surface area contributed by atoms with E-state index in [4.69, 9.17) is 28.7 Å². The molecule has 0 spiro atoms. The molecule has 3 aromatic carbocycles. The highest BCUT2D eigenvalue weighted by Gasteiger charge is 2.28. The highest BCUT2D eigenvalue weighted by Crippen LogP contribution is 2.41. The summed E-state index contributed by atoms with van der Waals surface area (Å²) in [4.78, 5) is 44.8. The van der Waals surface area contributed by atoms with Crippen LogP contribution in [0.1, 0.15) is 49.4 Å². The Morgan fingerprint density at radius 1 is 0.847 bits per heavy atom. The Bertz CT molecular complexity index is 2000. The number of nitrogens with zero attached hydrogens (tertiary/aromatic N) is 6. The number of amides is 2. The second-order valence-corrected chi connectivity index (χ2v) is 15.0. The van der Waals surface area contributed by atoms with Gasteiger partial charge in [-0.2, -0.15) is 4.98 Å². The molecule has 0 aliphatic carbocycles. The zero-order chi connectivity index (χ0) is 42.6. The Labute approximate surface area is 349 Å². The van der Waals surface area contributed by atoms with Gasteiger partial charge >= 0.3 is 6.09 Å². The van der Waals surface area contributed by atoms with Crippen molar-refractivity contribution in [3.05, 3.63) is 77.0 Å². The number of carbonyl (C=O) groups excluding carboxylic acids is 2. The molecule has 1 atom stereocenters. The summed E-state index contributed by atoms with van der Waals surface area (Å²) in [6.45, 7) is 18.7. The normalized spacial score (nSPS) is 13.7. The number of anilines is 4. The van der Waals surface area contributed by atoms with Gasteiger partial charge < -0.3 is 43.7 Å². The number of aryl methyl sites for hydroxylation is 3. The fourth-order valence-corrected chi connectivity index (χ4v) is 7.39. The molecule has 1 N–H and O–H groups in total. The van der Waals surface area contributed by atoms with Gasteiger partial charge in [0.05, 0.1) is 33.6 Å². The molecule has 1 aromatic heterocycles. The molecular formula is C45H61N7O7. The van der Waals surface area contributed by atoms with E-state index in [0.29, 0.717) is 66.2 Å². The fourth-order valence-electron chi connectivity index (χ4n) is 7.39. The van der Waals surface area contributed by atoms with E-state index in [9.17, 15) is 9.59 Å². The predicted octanol–water partition coefficient (Wildman–Crippen LogP) is 7.57. The van der Waals surface area contributed by atoms with Crippen molar-refractivity contribution in [2.24, 2.45) is 5.92 Å². The van der Waals surface area contributed by atoms with Gasteiger partial charge in [0.15, 0.2) is 11.5 Å². The minimum absolute atomic E-state index is 0.0854. The lowest BCUT2D eigenvalue weighted by molar-refractivity contribution is -0.134. The zero-order valence-electron chi connectivity index (χ0n) is 36.4. The molecule has 4 aromatic rings. The summed E-state index contributed by atoms with van der Waals surface area (Å²) in [6.07, 6.45) is 2.22. The van der Waals surface area contributed by atoms with Crippen molar-refractivity contribution < 1.29 is 33.3 Å². The molecule has 1 fully saturated rings. The molecule has 0 radical (unpaired) electrons. The highest BCUT2D eigenvalue weighted by molar-refractivity contribution is 5.98. The van der Waals surface area contributed by atoms with Gasteiger partial charge in [0.1, 0.15) is 17.3 Å². The number of hydrogen-bond donors (Lipinski definition) is 1. The van der Waals surface area contributed by atoms with E-state index in [0.717, 1.165) is 61.4 Å². The van der Waals surface area contributed by atoms with Crippen LogP contribution in [0.4, 0.5) is 27.9 Å². The van der Waals surface area contributed by atoms with Gasteiger partial charge in [-0.05, 0) is 83.3 Å². The third-order valence-corrected chi connectivity index (χ3v) is 10.5. The van der Waals surface area contributed by atoms with Crippen LogP contribution in [-0.2, 0) is 11.2 Å². The minimum Gasteiger partial charge on any atom is -0.495 e. The van der Waals surface area contributed by atoms with E-state index in [1.54, 1.807) is 51.8 Å². The maximum absolute atomic E-state index is 14.4. The SMILES string of the molecule is CCN(CC)C(=O)C(C)Cc1ccc(N(C(=O)Oc2c(C)cc(C)cc2C)c2ccnc(Nc3cc(OC)c(OCCCN4CCN(C)CC4)c(OC)c3)n2)c(OC)c1. The molecule has 1 aliphatic rings. The molecule has 2 heterocycles. The molecule has 5 rings (SSSR count). The summed E-state index contributed by atoms with van der Waals surface area (Å²) in [5, 5.41) is 3.25. The summed E-state index contributed by atoms with van der Waals surface area (Å²) in [6, 6.07) is 14.7. The van der Waals surface area contributed by atoms with Gasteiger partial charge in [-0.1, -0.05) is 30.7 Å². The van der Waals surface area contributed by atoms with Crippen LogP contribution >= 0.6 is 0 Å². The molecule has 0 bridgehead atoms. The Hall–Kier alpha value is -5.60. The van der Waals surface area contributed by atoms with Crippen molar-refractivity contribution in [1.29, 1.82) is 0 Å². The second-order valence-electron chi connectivity index (χ2n) is 15.0. The first kappa shape index (κ1) is 44.5. The number of piperazine rings is 1. The molecule has 1 aliphatic heterocycles. The second kappa shape index (κ2) is 20.9. The van der Waals surface area contributed by atoms with Crippen molar-refractivity contribution >= 4 is 35.1 Å². The molecule has 1 saturated heterocycles. The molecule has 14 heteroatoms. The Balaban J connectivity index is 1.43. The van der Waals surface area contributed by atoms with Crippen molar-refractivity contribution in [2.45, 2.75) is 54.4 Å². The first-order valence-corrected chi connectivity index (χ1v) is 20.3. The van der Waals surface area contributed by atoms with Gasteiger partial charge in [-0.25, -0.2) is 14.7 Å². The molecular weight excluding hydrogens is 751 g/mol. The minimum atomic E-state index is -0.696.